The molecule has 0 aliphatic heterocycles. The Morgan fingerprint density at radius 1 is 1.42 bits per heavy atom. The van der Waals surface area contributed by atoms with Crippen molar-refractivity contribution in [2.24, 2.45) is 5.73 Å². The fraction of sp³-hybridized carbons (Fsp3) is 0.462. The minimum atomic E-state index is -0.452. The number of hydrogen-bond acceptors (Lipinski definition) is 3. The van der Waals surface area contributed by atoms with Crippen LogP contribution in [0, 0.1) is 0 Å². The second-order valence-corrected chi connectivity index (χ2v) is 4.64. The molecule has 0 heterocycles. The minimum absolute atomic E-state index is 0. The van der Waals surface area contributed by atoms with E-state index in [-0.39, 0.29) is 18.3 Å². The summed E-state index contributed by atoms with van der Waals surface area (Å²) in [5.41, 5.74) is 5.51. The van der Waals surface area contributed by atoms with Gasteiger partial charge >= 0.3 is 0 Å². The van der Waals surface area contributed by atoms with Crippen molar-refractivity contribution >= 4 is 29.9 Å². The predicted octanol–water partition coefficient (Wildman–Crippen LogP) is 2.34. The van der Waals surface area contributed by atoms with Crippen LogP contribution in [0.4, 0.5) is 0 Å². The van der Waals surface area contributed by atoms with Crippen LogP contribution in [0.5, 0.6) is 5.75 Å². The summed E-state index contributed by atoms with van der Waals surface area (Å²) in [4.78, 5) is 13.1. The molecule has 1 amide bonds. The Hall–Kier alpha value is -0.970. The van der Waals surface area contributed by atoms with Crippen molar-refractivity contribution in [1.82, 2.24) is 4.90 Å². The molecule has 0 bridgehead atoms. The normalized spacial score (nSPS) is 11.4. The molecule has 0 aliphatic rings. The molecule has 0 unspecified atom stereocenters. The van der Waals surface area contributed by atoms with E-state index in [2.05, 4.69) is 0 Å². The van der Waals surface area contributed by atoms with Gasteiger partial charge in [-0.3, -0.25) is 4.79 Å². The van der Waals surface area contributed by atoms with Gasteiger partial charge in [0.1, 0.15) is 5.75 Å². The number of carbonyl (C=O) groups is 1. The summed E-state index contributed by atoms with van der Waals surface area (Å²) >= 11 is 5.77. The zero-order valence-corrected chi connectivity index (χ0v) is 12.7. The predicted molar refractivity (Wildman–Crippen MR) is 80.1 cm³/mol. The molecule has 6 heteroatoms. The van der Waals surface area contributed by atoms with Gasteiger partial charge in [0.15, 0.2) is 0 Å². The molecule has 4 nitrogen and oxygen atoms in total. The van der Waals surface area contributed by atoms with E-state index in [1.54, 1.807) is 31.0 Å². The molecule has 108 valence electrons. The lowest BCUT2D eigenvalue weighted by atomic mass is 10.3. The molecule has 19 heavy (non-hydrogen) atoms. The van der Waals surface area contributed by atoms with E-state index in [1.165, 1.54) is 0 Å². The van der Waals surface area contributed by atoms with Crippen LogP contribution >= 0.6 is 24.0 Å². The third kappa shape index (κ3) is 6.66. The van der Waals surface area contributed by atoms with Crippen LogP contribution in [0.15, 0.2) is 24.3 Å². The van der Waals surface area contributed by atoms with E-state index in [0.717, 1.165) is 12.2 Å². The molecule has 2 N–H and O–H groups in total. The number of carbonyl (C=O) groups excluding carboxylic acids is 1. The van der Waals surface area contributed by atoms with Gasteiger partial charge in [-0.15, -0.1) is 12.4 Å². The van der Waals surface area contributed by atoms with Crippen LogP contribution in [0.2, 0.25) is 5.02 Å². The Bertz CT molecular complexity index is 383. The molecule has 1 rings (SSSR count). The van der Waals surface area contributed by atoms with E-state index in [9.17, 15) is 4.79 Å². The molecular formula is C13H20Cl2N2O2. The summed E-state index contributed by atoms with van der Waals surface area (Å²) < 4.78 is 5.52. The second kappa shape index (κ2) is 9.02. The van der Waals surface area contributed by atoms with E-state index in [4.69, 9.17) is 22.1 Å². The summed E-state index contributed by atoms with van der Waals surface area (Å²) in [7, 11) is 1.74. The molecular weight excluding hydrogens is 287 g/mol. The number of amides is 1. The minimum Gasteiger partial charge on any atom is -0.494 e. The second-order valence-electron chi connectivity index (χ2n) is 4.20. The van der Waals surface area contributed by atoms with Crippen molar-refractivity contribution in [3.8, 4) is 5.75 Å². The van der Waals surface area contributed by atoms with Gasteiger partial charge in [-0.05, 0) is 37.6 Å². The van der Waals surface area contributed by atoms with Gasteiger partial charge in [0.05, 0.1) is 12.6 Å². The Morgan fingerprint density at radius 2 is 2.00 bits per heavy atom. The quantitative estimate of drug-likeness (QED) is 0.821. The van der Waals surface area contributed by atoms with Gasteiger partial charge in [0.2, 0.25) is 5.91 Å². The van der Waals surface area contributed by atoms with Gasteiger partial charge in [0.25, 0.3) is 0 Å². The molecule has 1 aromatic rings. The Morgan fingerprint density at radius 3 is 2.53 bits per heavy atom. The maximum Gasteiger partial charge on any atom is 0.238 e. The number of nitrogens with zero attached hydrogens (tertiary/aromatic N) is 1. The largest absolute Gasteiger partial charge is 0.494 e. The Balaban J connectivity index is 0.00000324. The molecule has 0 aromatic heterocycles. The molecule has 1 atom stereocenters. The van der Waals surface area contributed by atoms with Crippen LogP contribution in [0.1, 0.15) is 13.3 Å². The van der Waals surface area contributed by atoms with Gasteiger partial charge in [0, 0.05) is 18.6 Å². The van der Waals surface area contributed by atoms with Gasteiger partial charge in [-0.2, -0.15) is 0 Å². The van der Waals surface area contributed by atoms with Crippen LogP contribution < -0.4 is 10.5 Å². The SMILES string of the molecule is C[C@H](N)C(=O)N(C)CCCOc1ccc(Cl)cc1.Cl. The van der Waals surface area contributed by atoms with E-state index in [0.29, 0.717) is 18.2 Å². The van der Waals surface area contributed by atoms with Crippen molar-refractivity contribution < 1.29 is 9.53 Å². The van der Waals surface area contributed by atoms with Crippen molar-refractivity contribution in [2.45, 2.75) is 19.4 Å². The van der Waals surface area contributed by atoms with E-state index in [1.807, 2.05) is 12.1 Å². The number of nitrogens with two attached hydrogens (primary N) is 1. The van der Waals surface area contributed by atoms with Crippen molar-refractivity contribution in [2.75, 3.05) is 20.2 Å². The van der Waals surface area contributed by atoms with Gasteiger partial charge in [-0.25, -0.2) is 0 Å². The monoisotopic (exact) mass is 306 g/mol. The highest BCUT2D eigenvalue weighted by atomic mass is 35.5. The number of rotatable bonds is 6. The van der Waals surface area contributed by atoms with Crippen LogP contribution in [0.25, 0.3) is 0 Å². The lowest BCUT2D eigenvalue weighted by Gasteiger charge is -2.19. The number of likely N-dealkylation sites (N-methyl/N-ethyl adjacent to an activating group) is 1. The molecule has 0 fully saturated rings. The zero-order chi connectivity index (χ0) is 13.5. The summed E-state index contributed by atoms with van der Waals surface area (Å²) in [6.07, 6.45) is 0.761. The summed E-state index contributed by atoms with van der Waals surface area (Å²) in [5, 5.41) is 0.685. The fourth-order valence-corrected chi connectivity index (χ4v) is 1.61. The van der Waals surface area contributed by atoms with Gasteiger partial charge in [-0.1, -0.05) is 11.6 Å². The van der Waals surface area contributed by atoms with Crippen molar-refractivity contribution in [1.29, 1.82) is 0 Å². The number of benzene rings is 1. The maximum absolute atomic E-state index is 11.5. The first-order chi connectivity index (χ1) is 8.50. The van der Waals surface area contributed by atoms with E-state index < -0.39 is 6.04 Å². The highest BCUT2D eigenvalue weighted by Gasteiger charge is 2.12. The first-order valence-electron chi connectivity index (χ1n) is 5.89. The average molecular weight is 307 g/mol. The van der Waals surface area contributed by atoms with Crippen LogP contribution in [-0.2, 0) is 4.79 Å². The van der Waals surface area contributed by atoms with Gasteiger partial charge < -0.3 is 15.4 Å². The number of ether oxygens (including phenoxy) is 1. The number of hydrogen-bond donors (Lipinski definition) is 1. The topological polar surface area (TPSA) is 55.6 Å². The average Bonchev–Trinajstić information content (AvgIpc) is 2.35. The Labute approximate surface area is 125 Å². The van der Waals surface area contributed by atoms with Crippen molar-refractivity contribution in [3.05, 3.63) is 29.3 Å². The molecule has 1 aromatic carbocycles. The molecule has 0 spiro atoms. The molecule has 0 aliphatic carbocycles. The van der Waals surface area contributed by atoms with Crippen LogP contribution in [-0.4, -0.2) is 37.0 Å². The zero-order valence-electron chi connectivity index (χ0n) is 11.1. The fourth-order valence-electron chi connectivity index (χ4n) is 1.48. The lowest BCUT2D eigenvalue weighted by molar-refractivity contribution is -0.130. The molecule has 0 saturated carbocycles. The summed E-state index contributed by atoms with van der Waals surface area (Å²) in [6.45, 7) is 2.87. The highest BCUT2D eigenvalue weighted by Crippen LogP contribution is 2.15. The first kappa shape index (κ1) is 18.0. The van der Waals surface area contributed by atoms with E-state index >= 15 is 0 Å². The third-order valence-corrected chi connectivity index (χ3v) is 2.74. The standard InChI is InChI=1S/C13H19ClN2O2.ClH/c1-10(15)13(17)16(2)8-3-9-18-12-6-4-11(14)5-7-12;/h4-7,10H,3,8-9,15H2,1-2H3;1H/t10-;/m0./s1. The first-order valence-corrected chi connectivity index (χ1v) is 6.27. The lowest BCUT2D eigenvalue weighted by Crippen LogP contribution is -2.40. The smallest absolute Gasteiger partial charge is 0.238 e. The number of halogens is 2. The van der Waals surface area contributed by atoms with Crippen molar-refractivity contribution in [3.63, 3.8) is 0 Å². The summed E-state index contributed by atoms with van der Waals surface area (Å²) in [5.74, 6) is 0.724. The molecule has 0 radical (unpaired) electrons. The molecule has 0 saturated heterocycles. The summed E-state index contributed by atoms with van der Waals surface area (Å²) in [6, 6.07) is 6.75. The van der Waals surface area contributed by atoms with Crippen LogP contribution in [0.3, 0.4) is 0 Å². The highest BCUT2D eigenvalue weighted by molar-refractivity contribution is 6.30. The maximum atomic E-state index is 11.5. The third-order valence-electron chi connectivity index (χ3n) is 2.49. The Kier molecular flexibility index (Phi) is 8.56.